The second kappa shape index (κ2) is 6.73. The van der Waals surface area contributed by atoms with Gasteiger partial charge in [-0.15, -0.1) is 0 Å². The molecule has 7 nitrogen and oxygen atoms in total. The highest BCUT2D eigenvalue weighted by Gasteiger charge is 2.32. The zero-order valence-corrected chi connectivity index (χ0v) is 16.9. The fourth-order valence-corrected chi connectivity index (χ4v) is 4.00. The Morgan fingerprint density at radius 3 is 2.57 bits per heavy atom. The van der Waals surface area contributed by atoms with Crippen LogP contribution in [0.25, 0.3) is 22.1 Å². The van der Waals surface area contributed by atoms with E-state index in [1.165, 1.54) is 7.11 Å². The number of ether oxygens (including phenoxy) is 5. The van der Waals surface area contributed by atoms with Crippen LogP contribution in [0.5, 0.6) is 28.7 Å². The summed E-state index contributed by atoms with van der Waals surface area (Å²) < 4.78 is 34.0. The minimum Gasteiger partial charge on any atom is -0.495 e. The van der Waals surface area contributed by atoms with Gasteiger partial charge in [0.05, 0.1) is 14.2 Å². The summed E-state index contributed by atoms with van der Waals surface area (Å²) in [6.07, 6.45) is 0.461. The highest BCUT2D eigenvalue weighted by atomic mass is 16.7. The van der Waals surface area contributed by atoms with Crippen molar-refractivity contribution in [2.24, 2.45) is 0 Å². The Hall–Kier alpha value is -3.61. The minimum atomic E-state index is -0.533. The van der Waals surface area contributed by atoms with Gasteiger partial charge in [-0.25, -0.2) is 4.79 Å². The largest absolute Gasteiger partial charge is 0.495 e. The zero-order chi connectivity index (χ0) is 21.0. The fraction of sp³-hybridized carbons (Fsp3) is 0.261. The number of rotatable bonds is 4. The van der Waals surface area contributed by atoms with E-state index in [9.17, 15) is 4.79 Å². The molecule has 0 saturated heterocycles. The number of fused-ring (bicyclic) bond motifs is 3. The van der Waals surface area contributed by atoms with Gasteiger partial charge in [0.2, 0.25) is 6.79 Å². The third kappa shape index (κ3) is 2.62. The fourth-order valence-electron chi connectivity index (χ4n) is 4.00. The molecule has 0 spiro atoms. The second-order valence-electron chi connectivity index (χ2n) is 7.28. The molecule has 0 radical (unpaired) electrons. The lowest BCUT2D eigenvalue weighted by Crippen LogP contribution is -2.13. The molecule has 3 heterocycles. The quantitative estimate of drug-likeness (QED) is 0.475. The van der Waals surface area contributed by atoms with Crippen LogP contribution in [-0.4, -0.2) is 27.1 Å². The molecule has 0 bridgehead atoms. The van der Waals surface area contributed by atoms with Crippen LogP contribution in [-0.2, 0) is 6.42 Å². The average Bonchev–Trinajstić information content (AvgIpc) is 3.37. The summed E-state index contributed by atoms with van der Waals surface area (Å²) in [7, 11) is 3.10. The Labute approximate surface area is 172 Å². The topological polar surface area (TPSA) is 76.4 Å². The molecule has 1 atom stereocenters. The first-order valence-electron chi connectivity index (χ1n) is 9.48. The van der Waals surface area contributed by atoms with E-state index in [0.717, 1.165) is 11.1 Å². The normalized spacial score (nSPS) is 16.3. The van der Waals surface area contributed by atoms with Crippen molar-refractivity contribution < 1.29 is 28.1 Å². The van der Waals surface area contributed by atoms with Crippen LogP contribution < -0.4 is 29.3 Å². The SMILES string of the molecule is C=C(C)[C@@H]1Cc2c(cc3oc(=O)c(-c4ccc5c(c4)OCO5)c(OC)c3c2OC)O1. The predicted molar refractivity (Wildman–Crippen MR) is 110 cm³/mol. The van der Waals surface area contributed by atoms with Gasteiger partial charge in [0.1, 0.15) is 39.9 Å². The van der Waals surface area contributed by atoms with Gasteiger partial charge in [0, 0.05) is 18.1 Å². The van der Waals surface area contributed by atoms with Crippen molar-refractivity contribution in [1.29, 1.82) is 0 Å². The van der Waals surface area contributed by atoms with Crippen LogP contribution in [0.1, 0.15) is 12.5 Å². The predicted octanol–water partition coefficient (Wildman–Crippen LogP) is 4.09. The van der Waals surface area contributed by atoms with Gasteiger partial charge in [0.15, 0.2) is 11.5 Å². The van der Waals surface area contributed by atoms with Gasteiger partial charge < -0.3 is 28.1 Å². The Morgan fingerprint density at radius 2 is 1.83 bits per heavy atom. The molecule has 2 aliphatic rings. The second-order valence-corrected chi connectivity index (χ2v) is 7.28. The molecule has 154 valence electrons. The first kappa shape index (κ1) is 18.4. The lowest BCUT2D eigenvalue weighted by atomic mass is 9.99. The van der Waals surface area contributed by atoms with Crippen molar-refractivity contribution in [3.05, 3.63) is 52.4 Å². The summed E-state index contributed by atoms with van der Waals surface area (Å²) in [4.78, 5) is 13.0. The van der Waals surface area contributed by atoms with E-state index < -0.39 is 5.63 Å². The maximum atomic E-state index is 13.0. The Balaban J connectivity index is 1.79. The lowest BCUT2D eigenvalue weighted by molar-refractivity contribution is 0.174. The standard InChI is InChI=1S/C23H20O7/c1-11(2)15-8-13-16(29-15)9-18-20(21(13)25-3)22(26-4)19(23(24)30-18)12-5-6-14-17(7-12)28-10-27-14/h5-7,9,15H,1,8,10H2,2-4H3/t15-/m0/s1. The molecule has 2 aliphatic heterocycles. The molecule has 7 heteroatoms. The van der Waals surface area contributed by atoms with Gasteiger partial charge in [-0.3, -0.25) is 0 Å². The van der Waals surface area contributed by atoms with Crippen LogP contribution >= 0.6 is 0 Å². The monoisotopic (exact) mass is 408 g/mol. The average molecular weight is 408 g/mol. The highest BCUT2D eigenvalue weighted by molar-refractivity contribution is 5.97. The van der Waals surface area contributed by atoms with E-state index in [1.807, 2.05) is 6.92 Å². The molecule has 0 saturated carbocycles. The molecule has 5 rings (SSSR count). The van der Waals surface area contributed by atoms with Gasteiger partial charge >= 0.3 is 5.63 Å². The van der Waals surface area contributed by atoms with E-state index in [0.29, 0.717) is 51.7 Å². The molecule has 3 aromatic rings. The number of hydrogen-bond acceptors (Lipinski definition) is 7. The van der Waals surface area contributed by atoms with Gasteiger partial charge in [-0.05, 0) is 30.2 Å². The molecule has 0 fully saturated rings. The van der Waals surface area contributed by atoms with E-state index in [4.69, 9.17) is 28.1 Å². The molecule has 0 aliphatic carbocycles. The van der Waals surface area contributed by atoms with Crippen molar-refractivity contribution in [2.45, 2.75) is 19.4 Å². The molecule has 0 amide bonds. The third-order valence-electron chi connectivity index (χ3n) is 5.45. The molecular weight excluding hydrogens is 388 g/mol. The Bertz CT molecular complexity index is 1250. The Morgan fingerprint density at radius 1 is 1.07 bits per heavy atom. The van der Waals surface area contributed by atoms with E-state index in [-0.39, 0.29) is 18.5 Å². The first-order chi connectivity index (χ1) is 14.5. The lowest BCUT2D eigenvalue weighted by Gasteiger charge is -2.15. The van der Waals surface area contributed by atoms with Gasteiger partial charge in [-0.1, -0.05) is 12.6 Å². The summed E-state index contributed by atoms with van der Waals surface area (Å²) in [6, 6.07) is 6.98. The number of methoxy groups -OCH3 is 2. The van der Waals surface area contributed by atoms with Gasteiger partial charge in [0.25, 0.3) is 0 Å². The number of benzene rings is 2. The molecule has 2 aromatic carbocycles. The summed E-state index contributed by atoms with van der Waals surface area (Å²) in [5.41, 5.74) is 2.49. The van der Waals surface area contributed by atoms with Crippen LogP contribution in [0, 0.1) is 0 Å². The maximum absolute atomic E-state index is 13.0. The summed E-state index contributed by atoms with van der Waals surface area (Å²) >= 11 is 0. The smallest absolute Gasteiger partial charge is 0.348 e. The molecule has 0 N–H and O–H groups in total. The van der Waals surface area contributed by atoms with E-state index >= 15 is 0 Å². The molecule has 30 heavy (non-hydrogen) atoms. The van der Waals surface area contributed by atoms with Crippen molar-refractivity contribution in [1.82, 2.24) is 0 Å². The summed E-state index contributed by atoms with van der Waals surface area (Å²) in [5.74, 6) is 2.75. The summed E-state index contributed by atoms with van der Waals surface area (Å²) in [6.45, 7) is 6.05. The van der Waals surface area contributed by atoms with Crippen molar-refractivity contribution >= 4 is 11.0 Å². The van der Waals surface area contributed by atoms with Crippen molar-refractivity contribution in [2.75, 3.05) is 21.0 Å². The van der Waals surface area contributed by atoms with Crippen LogP contribution in [0.15, 0.2) is 45.6 Å². The Kier molecular flexibility index (Phi) is 4.13. The van der Waals surface area contributed by atoms with E-state index in [1.54, 1.807) is 31.4 Å². The molecule has 0 unspecified atom stereocenters. The van der Waals surface area contributed by atoms with Crippen LogP contribution in [0.3, 0.4) is 0 Å². The number of hydrogen-bond donors (Lipinski definition) is 0. The van der Waals surface area contributed by atoms with Crippen LogP contribution in [0.4, 0.5) is 0 Å². The maximum Gasteiger partial charge on any atom is 0.348 e. The minimum absolute atomic E-state index is 0.145. The van der Waals surface area contributed by atoms with E-state index in [2.05, 4.69) is 6.58 Å². The highest BCUT2D eigenvalue weighted by Crippen LogP contribution is 2.48. The van der Waals surface area contributed by atoms with Crippen LogP contribution in [0.2, 0.25) is 0 Å². The van der Waals surface area contributed by atoms with Gasteiger partial charge in [-0.2, -0.15) is 0 Å². The summed E-state index contributed by atoms with van der Waals surface area (Å²) in [5, 5.41) is 0.581. The van der Waals surface area contributed by atoms with Crippen molar-refractivity contribution in [3.63, 3.8) is 0 Å². The molecule has 1 aromatic heterocycles. The first-order valence-corrected chi connectivity index (χ1v) is 9.48. The molecular formula is C23H20O7. The van der Waals surface area contributed by atoms with Crippen molar-refractivity contribution in [3.8, 4) is 39.9 Å². The third-order valence-corrected chi connectivity index (χ3v) is 5.45. The zero-order valence-electron chi connectivity index (χ0n) is 16.9.